The Morgan fingerprint density at radius 1 is 1.12 bits per heavy atom. The van der Waals surface area contributed by atoms with Gasteiger partial charge in [-0.05, 0) is 42.8 Å². The maximum absolute atomic E-state index is 12.3. The van der Waals surface area contributed by atoms with Crippen molar-refractivity contribution in [3.05, 3.63) is 74.1 Å². The summed E-state index contributed by atoms with van der Waals surface area (Å²) in [6.07, 6.45) is 0.372. The summed E-state index contributed by atoms with van der Waals surface area (Å²) in [5, 5.41) is 11.9. The zero-order valence-corrected chi connectivity index (χ0v) is 15.4. The monoisotopic (exact) mass is 390 g/mol. The largest absolute Gasteiger partial charge is 0.494 e. The van der Waals surface area contributed by atoms with Crippen molar-refractivity contribution in [1.29, 1.82) is 0 Å². The Morgan fingerprint density at radius 3 is 2.54 bits per heavy atom. The van der Waals surface area contributed by atoms with Gasteiger partial charge in [-0.25, -0.2) is 0 Å². The van der Waals surface area contributed by atoms with Crippen LogP contribution in [0.25, 0.3) is 0 Å². The second kappa shape index (κ2) is 8.21. The van der Waals surface area contributed by atoms with Crippen LogP contribution in [0.15, 0.2) is 47.3 Å². The van der Waals surface area contributed by atoms with Crippen molar-refractivity contribution in [2.24, 2.45) is 0 Å². The van der Waals surface area contributed by atoms with E-state index < -0.39 is 0 Å². The highest BCUT2D eigenvalue weighted by Crippen LogP contribution is 2.26. The van der Waals surface area contributed by atoms with Gasteiger partial charge >= 0.3 is 0 Å². The van der Waals surface area contributed by atoms with Gasteiger partial charge in [0.25, 0.3) is 5.56 Å². The molecular formula is C18H16Cl2N4O2. The number of halogens is 2. The Labute approximate surface area is 160 Å². The number of hydrogen-bond donors (Lipinski definition) is 2. The summed E-state index contributed by atoms with van der Waals surface area (Å²) in [7, 11) is 0. The van der Waals surface area contributed by atoms with Crippen LogP contribution in [0.3, 0.4) is 0 Å². The van der Waals surface area contributed by atoms with Gasteiger partial charge in [0.2, 0.25) is 5.95 Å². The number of aromatic amines is 1. The first-order valence-electron chi connectivity index (χ1n) is 7.95. The third-order valence-electron chi connectivity index (χ3n) is 3.55. The molecule has 134 valence electrons. The molecular weight excluding hydrogens is 375 g/mol. The van der Waals surface area contributed by atoms with Crippen molar-refractivity contribution in [2.75, 3.05) is 11.9 Å². The first-order chi connectivity index (χ1) is 12.5. The SMILES string of the molecule is CCOc1ccc(Cc2nnc(Nc3ccc(Cl)cc3Cl)[nH]c2=O)cc1. The molecule has 2 N–H and O–H groups in total. The van der Waals surface area contributed by atoms with Gasteiger partial charge < -0.3 is 10.1 Å². The van der Waals surface area contributed by atoms with Crippen molar-refractivity contribution in [1.82, 2.24) is 15.2 Å². The highest BCUT2D eigenvalue weighted by molar-refractivity contribution is 6.36. The van der Waals surface area contributed by atoms with Crippen LogP contribution < -0.4 is 15.6 Å². The molecule has 6 nitrogen and oxygen atoms in total. The minimum Gasteiger partial charge on any atom is -0.494 e. The normalized spacial score (nSPS) is 10.6. The molecule has 0 fully saturated rings. The molecule has 0 aliphatic heterocycles. The molecule has 26 heavy (non-hydrogen) atoms. The number of H-pyrrole nitrogens is 1. The summed E-state index contributed by atoms with van der Waals surface area (Å²) in [5.41, 5.74) is 1.51. The van der Waals surface area contributed by atoms with Crippen LogP contribution in [0.5, 0.6) is 5.75 Å². The van der Waals surface area contributed by atoms with Gasteiger partial charge in [0, 0.05) is 11.4 Å². The fraction of sp³-hybridized carbons (Fsp3) is 0.167. The third kappa shape index (κ3) is 4.53. The lowest BCUT2D eigenvalue weighted by Gasteiger charge is -2.08. The number of anilines is 2. The minimum absolute atomic E-state index is 0.203. The van der Waals surface area contributed by atoms with E-state index in [4.69, 9.17) is 27.9 Å². The number of nitrogens with one attached hydrogen (secondary N) is 2. The summed E-state index contributed by atoms with van der Waals surface area (Å²) in [5.74, 6) is 0.991. The van der Waals surface area contributed by atoms with Crippen molar-refractivity contribution in [3.63, 3.8) is 0 Å². The Hall–Kier alpha value is -2.57. The molecule has 0 aliphatic rings. The van der Waals surface area contributed by atoms with Gasteiger partial charge in [-0.3, -0.25) is 9.78 Å². The summed E-state index contributed by atoms with van der Waals surface area (Å²) in [6, 6.07) is 12.5. The van der Waals surface area contributed by atoms with Crippen molar-refractivity contribution < 1.29 is 4.74 Å². The molecule has 2 aromatic carbocycles. The Bertz CT molecular complexity index is 958. The van der Waals surface area contributed by atoms with E-state index in [1.54, 1.807) is 18.2 Å². The van der Waals surface area contributed by atoms with E-state index in [-0.39, 0.29) is 11.5 Å². The molecule has 0 saturated carbocycles. The molecule has 0 radical (unpaired) electrons. The molecule has 0 atom stereocenters. The number of rotatable bonds is 6. The average molecular weight is 391 g/mol. The second-order valence-electron chi connectivity index (χ2n) is 5.45. The lowest BCUT2D eigenvalue weighted by atomic mass is 10.1. The molecule has 3 aromatic rings. The first-order valence-corrected chi connectivity index (χ1v) is 8.70. The summed E-state index contributed by atoms with van der Waals surface area (Å²) in [4.78, 5) is 14.9. The Morgan fingerprint density at radius 2 is 1.88 bits per heavy atom. The van der Waals surface area contributed by atoms with Crippen molar-refractivity contribution in [3.8, 4) is 5.75 Å². The zero-order valence-electron chi connectivity index (χ0n) is 13.9. The predicted octanol–water partition coefficient (Wildman–Crippen LogP) is 4.20. The number of benzene rings is 2. The van der Waals surface area contributed by atoms with Gasteiger partial charge in [-0.2, -0.15) is 0 Å². The molecule has 0 bridgehead atoms. The third-order valence-corrected chi connectivity index (χ3v) is 4.10. The van der Waals surface area contributed by atoms with Gasteiger partial charge in [-0.1, -0.05) is 35.3 Å². The second-order valence-corrected chi connectivity index (χ2v) is 6.30. The van der Waals surface area contributed by atoms with Crippen LogP contribution in [-0.2, 0) is 6.42 Å². The molecule has 8 heteroatoms. The highest BCUT2D eigenvalue weighted by Gasteiger charge is 2.08. The van der Waals surface area contributed by atoms with Crippen molar-refractivity contribution >= 4 is 34.8 Å². The first kappa shape index (κ1) is 18.2. The average Bonchev–Trinajstić information content (AvgIpc) is 2.61. The summed E-state index contributed by atoms with van der Waals surface area (Å²) < 4.78 is 5.40. The molecule has 1 aromatic heterocycles. The number of ether oxygens (including phenoxy) is 1. The van der Waals surface area contributed by atoms with Crippen LogP contribution in [0.2, 0.25) is 10.0 Å². The van der Waals surface area contributed by atoms with Gasteiger partial charge in [0.05, 0.1) is 17.3 Å². The van der Waals surface area contributed by atoms with Crippen LogP contribution >= 0.6 is 23.2 Å². The predicted molar refractivity (Wildman–Crippen MR) is 103 cm³/mol. The lowest BCUT2D eigenvalue weighted by Crippen LogP contribution is -2.18. The van der Waals surface area contributed by atoms with Gasteiger partial charge in [0.15, 0.2) is 0 Å². The van der Waals surface area contributed by atoms with Gasteiger partial charge in [-0.15, -0.1) is 10.2 Å². The molecule has 0 spiro atoms. The molecule has 0 saturated heterocycles. The van der Waals surface area contributed by atoms with E-state index in [0.29, 0.717) is 34.5 Å². The fourth-order valence-electron chi connectivity index (χ4n) is 2.31. The van der Waals surface area contributed by atoms with E-state index in [9.17, 15) is 4.79 Å². The fourth-order valence-corrected chi connectivity index (χ4v) is 2.77. The van der Waals surface area contributed by atoms with Crippen molar-refractivity contribution in [2.45, 2.75) is 13.3 Å². The smallest absolute Gasteiger partial charge is 0.274 e. The van der Waals surface area contributed by atoms with Crippen LogP contribution in [-0.4, -0.2) is 21.8 Å². The van der Waals surface area contributed by atoms with E-state index in [1.165, 1.54) is 0 Å². The van der Waals surface area contributed by atoms with E-state index in [1.807, 2.05) is 31.2 Å². The van der Waals surface area contributed by atoms with E-state index in [2.05, 4.69) is 20.5 Å². The molecule has 0 amide bonds. The highest BCUT2D eigenvalue weighted by atomic mass is 35.5. The molecule has 3 rings (SSSR count). The summed E-state index contributed by atoms with van der Waals surface area (Å²) in [6.45, 7) is 2.53. The van der Waals surface area contributed by atoms with E-state index in [0.717, 1.165) is 11.3 Å². The Balaban J connectivity index is 1.74. The Kier molecular flexibility index (Phi) is 5.75. The van der Waals surface area contributed by atoms with E-state index >= 15 is 0 Å². The number of aromatic nitrogens is 3. The maximum atomic E-state index is 12.3. The standard InChI is InChI=1S/C18H16Cl2N4O2/c1-2-26-13-6-3-11(4-7-13)9-16-17(25)22-18(24-23-16)21-15-8-5-12(19)10-14(15)20/h3-8,10H,2,9H2,1H3,(H2,21,22,24,25). The van der Waals surface area contributed by atoms with Gasteiger partial charge in [0.1, 0.15) is 11.4 Å². The number of nitrogens with zero attached hydrogens (tertiary/aromatic N) is 2. The van der Waals surface area contributed by atoms with Crippen LogP contribution in [0.1, 0.15) is 18.2 Å². The minimum atomic E-state index is -0.318. The summed E-state index contributed by atoms with van der Waals surface area (Å²) >= 11 is 12.0. The topological polar surface area (TPSA) is 79.9 Å². The molecule has 0 aliphatic carbocycles. The number of hydrogen-bond acceptors (Lipinski definition) is 5. The molecule has 1 heterocycles. The lowest BCUT2D eigenvalue weighted by molar-refractivity contribution is 0.340. The quantitative estimate of drug-likeness (QED) is 0.658. The zero-order chi connectivity index (χ0) is 18.5. The molecule has 0 unspecified atom stereocenters. The van der Waals surface area contributed by atoms with Crippen LogP contribution in [0, 0.1) is 0 Å². The van der Waals surface area contributed by atoms with Crippen LogP contribution in [0.4, 0.5) is 11.6 Å². The maximum Gasteiger partial charge on any atom is 0.274 e.